The second kappa shape index (κ2) is 7.01. The van der Waals surface area contributed by atoms with Crippen molar-refractivity contribution in [1.82, 2.24) is 8.75 Å². The van der Waals surface area contributed by atoms with Gasteiger partial charge in [-0.3, -0.25) is 0 Å². The molecule has 1 atom stereocenters. The van der Waals surface area contributed by atoms with Gasteiger partial charge in [0.15, 0.2) is 11.0 Å². The van der Waals surface area contributed by atoms with E-state index >= 15 is 0 Å². The normalized spacial score (nSPS) is 12.7. The van der Waals surface area contributed by atoms with E-state index in [0.717, 1.165) is 24.0 Å². The molecular weight excluding hydrogens is 230 g/mol. The fraction of sp³-hybridized carbons (Fsp3) is 0.800. The highest BCUT2D eigenvalue weighted by Gasteiger charge is 2.08. The van der Waals surface area contributed by atoms with E-state index in [0.29, 0.717) is 11.2 Å². The van der Waals surface area contributed by atoms with Gasteiger partial charge < -0.3 is 5.32 Å². The Kier molecular flexibility index (Phi) is 5.95. The molecular formula is C10H18ClN3S. The van der Waals surface area contributed by atoms with Crippen LogP contribution >= 0.6 is 23.3 Å². The fourth-order valence-corrected chi connectivity index (χ4v) is 2.11. The van der Waals surface area contributed by atoms with Gasteiger partial charge in [0, 0.05) is 6.04 Å². The minimum atomic E-state index is 0.420. The Morgan fingerprint density at radius 3 is 2.73 bits per heavy atom. The van der Waals surface area contributed by atoms with Gasteiger partial charge in [0.05, 0.1) is 11.7 Å². The Balaban J connectivity index is 2.18. The van der Waals surface area contributed by atoms with Crippen molar-refractivity contribution < 1.29 is 0 Å². The molecule has 3 nitrogen and oxygen atoms in total. The van der Waals surface area contributed by atoms with Crippen molar-refractivity contribution in [3.05, 3.63) is 5.15 Å². The summed E-state index contributed by atoms with van der Waals surface area (Å²) < 4.78 is 8.00. The number of nitrogens with one attached hydrogen (secondary N) is 1. The zero-order valence-electron chi connectivity index (χ0n) is 9.29. The second-order valence-electron chi connectivity index (χ2n) is 3.80. The number of rotatable bonds is 7. The van der Waals surface area contributed by atoms with Gasteiger partial charge >= 0.3 is 0 Å². The molecule has 1 heterocycles. The molecule has 1 unspecified atom stereocenters. The topological polar surface area (TPSA) is 37.8 Å². The number of hydrogen-bond acceptors (Lipinski definition) is 4. The Hall–Kier alpha value is -0.350. The molecule has 0 aliphatic rings. The molecule has 0 amide bonds. The molecule has 0 radical (unpaired) electrons. The standard InChI is InChI=1S/C10H18ClN3S/c1-3-4-5-6-7-8(2)12-10-9(11)13-15-14-10/h8H,3-7H2,1-2H3,(H,12,14). The van der Waals surface area contributed by atoms with E-state index < -0.39 is 0 Å². The summed E-state index contributed by atoms with van der Waals surface area (Å²) >= 11 is 6.99. The maximum atomic E-state index is 5.84. The summed E-state index contributed by atoms with van der Waals surface area (Å²) in [6.45, 7) is 4.38. The van der Waals surface area contributed by atoms with Crippen molar-refractivity contribution >= 4 is 29.1 Å². The zero-order valence-corrected chi connectivity index (χ0v) is 10.9. The number of aromatic nitrogens is 2. The molecule has 1 aromatic heterocycles. The first kappa shape index (κ1) is 12.7. The van der Waals surface area contributed by atoms with E-state index in [1.807, 2.05) is 0 Å². The summed E-state index contributed by atoms with van der Waals surface area (Å²) in [5.74, 6) is 0.727. The highest BCUT2D eigenvalue weighted by Crippen LogP contribution is 2.19. The lowest BCUT2D eigenvalue weighted by atomic mass is 10.1. The average Bonchev–Trinajstić information content (AvgIpc) is 2.59. The van der Waals surface area contributed by atoms with Crippen LogP contribution in [-0.4, -0.2) is 14.8 Å². The number of anilines is 1. The van der Waals surface area contributed by atoms with Gasteiger partial charge in [0.2, 0.25) is 0 Å². The smallest absolute Gasteiger partial charge is 0.186 e. The average molecular weight is 248 g/mol. The van der Waals surface area contributed by atoms with Crippen molar-refractivity contribution in [1.29, 1.82) is 0 Å². The van der Waals surface area contributed by atoms with Crippen molar-refractivity contribution in [2.45, 2.75) is 52.0 Å². The molecule has 0 saturated carbocycles. The van der Waals surface area contributed by atoms with Crippen LogP contribution in [0.1, 0.15) is 46.0 Å². The highest BCUT2D eigenvalue weighted by atomic mass is 35.5. The monoisotopic (exact) mass is 247 g/mol. The molecule has 0 aliphatic heterocycles. The summed E-state index contributed by atoms with van der Waals surface area (Å²) in [7, 11) is 0. The van der Waals surface area contributed by atoms with Gasteiger partial charge in [-0.25, -0.2) is 0 Å². The van der Waals surface area contributed by atoms with Gasteiger partial charge in [0.1, 0.15) is 0 Å². The van der Waals surface area contributed by atoms with E-state index in [4.69, 9.17) is 11.6 Å². The van der Waals surface area contributed by atoms with Crippen LogP contribution in [0.5, 0.6) is 0 Å². The minimum Gasteiger partial charge on any atom is -0.364 e. The van der Waals surface area contributed by atoms with Crippen LogP contribution in [0.4, 0.5) is 5.82 Å². The Labute approximate surface area is 101 Å². The van der Waals surface area contributed by atoms with E-state index in [1.165, 1.54) is 25.7 Å². The SMILES string of the molecule is CCCCCCC(C)Nc1nsnc1Cl. The minimum absolute atomic E-state index is 0.420. The third-order valence-corrected chi connectivity index (χ3v) is 3.21. The molecule has 1 aromatic rings. The summed E-state index contributed by atoms with van der Waals surface area (Å²) in [6.07, 6.45) is 6.34. The first-order chi connectivity index (χ1) is 7.24. The van der Waals surface area contributed by atoms with E-state index in [1.54, 1.807) is 0 Å². The third-order valence-electron chi connectivity index (χ3n) is 2.32. The Bertz CT molecular complexity index is 277. The van der Waals surface area contributed by atoms with Crippen molar-refractivity contribution in [3.63, 3.8) is 0 Å². The number of unbranched alkanes of at least 4 members (excludes halogenated alkanes) is 3. The van der Waals surface area contributed by atoms with E-state index in [9.17, 15) is 0 Å². The molecule has 0 saturated heterocycles. The van der Waals surface area contributed by atoms with E-state index in [-0.39, 0.29) is 0 Å². The number of nitrogens with zero attached hydrogens (tertiary/aromatic N) is 2. The van der Waals surface area contributed by atoms with Gasteiger partial charge in [-0.1, -0.05) is 44.2 Å². The number of halogens is 1. The molecule has 0 fully saturated rings. The molecule has 5 heteroatoms. The Morgan fingerprint density at radius 1 is 1.33 bits per heavy atom. The lowest BCUT2D eigenvalue weighted by Gasteiger charge is -2.12. The molecule has 86 valence electrons. The summed E-state index contributed by atoms with van der Waals surface area (Å²) in [4.78, 5) is 0. The molecule has 1 rings (SSSR count). The molecule has 0 spiro atoms. The molecule has 1 N–H and O–H groups in total. The van der Waals surface area contributed by atoms with Crippen LogP contribution in [0.15, 0.2) is 0 Å². The van der Waals surface area contributed by atoms with Gasteiger partial charge in [-0.05, 0) is 13.3 Å². The summed E-state index contributed by atoms with van der Waals surface area (Å²) in [5.41, 5.74) is 0. The second-order valence-corrected chi connectivity index (χ2v) is 4.68. The summed E-state index contributed by atoms with van der Waals surface area (Å²) in [6, 6.07) is 0.420. The number of hydrogen-bond donors (Lipinski definition) is 1. The fourth-order valence-electron chi connectivity index (χ4n) is 1.45. The van der Waals surface area contributed by atoms with Crippen LogP contribution in [0.2, 0.25) is 5.15 Å². The Morgan fingerprint density at radius 2 is 2.13 bits per heavy atom. The highest BCUT2D eigenvalue weighted by molar-refractivity contribution is 6.99. The predicted molar refractivity (Wildman–Crippen MR) is 66.8 cm³/mol. The first-order valence-corrected chi connectivity index (χ1v) is 6.59. The molecule has 0 aliphatic carbocycles. The quantitative estimate of drug-likeness (QED) is 0.741. The first-order valence-electron chi connectivity index (χ1n) is 5.48. The zero-order chi connectivity index (χ0) is 11.1. The van der Waals surface area contributed by atoms with Crippen LogP contribution < -0.4 is 5.32 Å². The van der Waals surface area contributed by atoms with Gasteiger partial charge in [-0.2, -0.15) is 8.75 Å². The van der Waals surface area contributed by atoms with Crippen LogP contribution in [-0.2, 0) is 0 Å². The molecule has 0 aromatic carbocycles. The van der Waals surface area contributed by atoms with Crippen LogP contribution in [0.25, 0.3) is 0 Å². The molecule has 15 heavy (non-hydrogen) atoms. The van der Waals surface area contributed by atoms with Crippen LogP contribution in [0.3, 0.4) is 0 Å². The van der Waals surface area contributed by atoms with Gasteiger partial charge in [0.25, 0.3) is 0 Å². The summed E-state index contributed by atoms with van der Waals surface area (Å²) in [5, 5.41) is 3.76. The third kappa shape index (κ3) is 4.80. The van der Waals surface area contributed by atoms with Gasteiger partial charge in [-0.15, -0.1) is 0 Å². The van der Waals surface area contributed by atoms with Crippen LogP contribution in [0, 0.1) is 0 Å². The maximum Gasteiger partial charge on any atom is 0.186 e. The lowest BCUT2D eigenvalue weighted by molar-refractivity contribution is 0.593. The predicted octanol–water partition coefficient (Wildman–Crippen LogP) is 3.96. The maximum absolute atomic E-state index is 5.84. The van der Waals surface area contributed by atoms with Crippen molar-refractivity contribution in [2.24, 2.45) is 0 Å². The van der Waals surface area contributed by atoms with Crippen molar-refractivity contribution in [2.75, 3.05) is 5.32 Å². The van der Waals surface area contributed by atoms with Crippen molar-refractivity contribution in [3.8, 4) is 0 Å². The lowest BCUT2D eigenvalue weighted by Crippen LogP contribution is -2.15. The molecule has 0 bridgehead atoms. The largest absolute Gasteiger partial charge is 0.364 e. The van der Waals surface area contributed by atoms with E-state index in [2.05, 4.69) is 27.9 Å².